The summed E-state index contributed by atoms with van der Waals surface area (Å²) in [5.41, 5.74) is 0.589. The van der Waals surface area contributed by atoms with Gasteiger partial charge < -0.3 is 10.4 Å². The number of carbonyl (C=O) groups excluding carboxylic acids is 1. The van der Waals surface area contributed by atoms with Crippen molar-refractivity contribution in [2.45, 2.75) is 19.4 Å². The molecule has 2 aromatic rings. The van der Waals surface area contributed by atoms with Gasteiger partial charge in [-0.2, -0.15) is 0 Å². The summed E-state index contributed by atoms with van der Waals surface area (Å²) in [5, 5.41) is 12.2. The molecule has 0 saturated carbocycles. The molecule has 0 aliphatic rings. The summed E-state index contributed by atoms with van der Waals surface area (Å²) in [6, 6.07) is 7.98. The maximum Gasteiger partial charge on any atom is 0.253 e. The average molecular weight is 287 g/mol. The third kappa shape index (κ3) is 3.92. The quantitative estimate of drug-likeness (QED) is 0.854. The Morgan fingerprint density at radius 3 is 2.95 bits per heavy atom. The van der Waals surface area contributed by atoms with Crippen molar-refractivity contribution in [2.75, 3.05) is 6.54 Å². The summed E-state index contributed by atoms with van der Waals surface area (Å²) in [6.07, 6.45) is 2.87. The van der Waals surface area contributed by atoms with Crippen LogP contribution in [0.2, 0.25) is 0 Å². The van der Waals surface area contributed by atoms with E-state index in [1.807, 2.05) is 0 Å². The number of nitrogens with zero attached hydrogens (tertiary/aromatic N) is 2. The molecule has 2 N–H and O–H groups in total. The van der Waals surface area contributed by atoms with Gasteiger partial charge in [-0.25, -0.2) is 4.98 Å². The van der Waals surface area contributed by atoms with Gasteiger partial charge in [0.25, 0.3) is 5.56 Å². The zero-order chi connectivity index (χ0) is 15.2. The predicted molar refractivity (Wildman–Crippen MR) is 78.0 cm³/mol. The molecule has 110 valence electrons. The van der Waals surface area contributed by atoms with Crippen LogP contribution >= 0.6 is 0 Å². The number of hydrogen-bond acceptors (Lipinski definition) is 4. The van der Waals surface area contributed by atoms with Crippen molar-refractivity contribution in [2.24, 2.45) is 0 Å². The van der Waals surface area contributed by atoms with E-state index < -0.39 is 0 Å². The second-order valence-corrected chi connectivity index (χ2v) is 4.72. The van der Waals surface area contributed by atoms with Crippen molar-refractivity contribution in [3.63, 3.8) is 0 Å². The van der Waals surface area contributed by atoms with Crippen molar-refractivity contribution in [1.29, 1.82) is 0 Å². The fourth-order valence-electron chi connectivity index (χ4n) is 1.94. The summed E-state index contributed by atoms with van der Waals surface area (Å²) in [6.45, 7) is 2.47. The van der Waals surface area contributed by atoms with E-state index >= 15 is 0 Å². The largest absolute Gasteiger partial charge is 0.508 e. The van der Waals surface area contributed by atoms with Crippen LogP contribution in [0.15, 0.2) is 47.7 Å². The minimum atomic E-state index is -0.372. The molecule has 0 fully saturated rings. The first-order valence-electron chi connectivity index (χ1n) is 6.65. The summed E-state index contributed by atoms with van der Waals surface area (Å²) in [7, 11) is 0. The number of hydrogen-bond donors (Lipinski definition) is 2. The lowest BCUT2D eigenvalue weighted by molar-refractivity contribution is -0.122. The Bertz CT molecular complexity index is 682. The van der Waals surface area contributed by atoms with Crippen LogP contribution in [0.25, 0.3) is 0 Å². The molecule has 0 radical (unpaired) electrons. The summed E-state index contributed by atoms with van der Waals surface area (Å²) in [4.78, 5) is 27.4. The monoisotopic (exact) mass is 287 g/mol. The molecule has 0 aliphatic heterocycles. The molecule has 1 aromatic carbocycles. The van der Waals surface area contributed by atoms with Crippen LogP contribution in [0.5, 0.6) is 5.75 Å². The second kappa shape index (κ2) is 6.69. The normalized spacial score (nSPS) is 11.9. The second-order valence-electron chi connectivity index (χ2n) is 4.72. The van der Waals surface area contributed by atoms with Crippen molar-refractivity contribution in [3.8, 4) is 5.75 Å². The molecule has 1 aromatic heterocycles. The SMILES string of the molecule is CC(C(=O)NCCn1cnccc1=O)c1cccc(O)c1. The van der Waals surface area contributed by atoms with E-state index in [1.165, 1.54) is 23.2 Å². The topological polar surface area (TPSA) is 84.2 Å². The highest BCUT2D eigenvalue weighted by Crippen LogP contribution is 2.19. The molecule has 1 heterocycles. The Morgan fingerprint density at radius 2 is 2.24 bits per heavy atom. The molecule has 0 spiro atoms. The van der Waals surface area contributed by atoms with E-state index in [9.17, 15) is 14.7 Å². The molecule has 1 amide bonds. The van der Waals surface area contributed by atoms with Gasteiger partial charge >= 0.3 is 0 Å². The third-order valence-electron chi connectivity index (χ3n) is 3.21. The van der Waals surface area contributed by atoms with E-state index in [2.05, 4.69) is 10.3 Å². The van der Waals surface area contributed by atoms with E-state index in [0.717, 1.165) is 5.56 Å². The van der Waals surface area contributed by atoms with Gasteiger partial charge in [-0.15, -0.1) is 0 Å². The zero-order valence-corrected chi connectivity index (χ0v) is 11.7. The smallest absolute Gasteiger partial charge is 0.253 e. The van der Waals surface area contributed by atoms with Crippen LogP contribution in [0, 0.1) is 0 Å². The molecule has 0 bridgehead atoms. The van der Waals surface area contributed by atoms with Gasteiger partial charge in [-0.1, -0.05) is 12.1 Å². The van der Waals surface area contributed by atoms with Crippen molar-refractivity contribution in [1.82, 2.24) is 14.9 Å². The van der Waals surface area contributed by atoms with E-state index in [-0.39, 0.29) is 23.1 Å². The fourth-order valence-corrected chi connectivity index (χ4v) is 1.94. The number of aromatic hydroxyl groups is 1. The van der Waals surface area contributed by atoms with Crippen LogP contribution in [-0.2, 0) is 11.3 Å². The highest BCUT2D eigenvalue weighted by Gasteiger charge is 2.14. The molecular weight excluding hydrogens is 270 g/mol. The summed E-state index contributed by atoms with van der Waals surface area (Å²) >= 11 is 0. The molecular formula is C15H17N3O3. The number of amides is 1. The Morgan fingerprint density at radius 1 is 1.43 bits per heavy atom. The lowest BCUT2D eigenvalue weighted by Crippen LogP contribution is -2.33. The number of aromatic nitrogens is 2. The highest BCUT2D eigenvalue weighted by atomic mass is 16.3. The van der Waals surface area contributed by atoms with Gasteiger partial charge in [0.05, 0.1) is 12.2 Å². The first kappa shape index (κ1) is 14.8. The van der Waals surface area contributed by atoms with Crippen LogP contribution in [0.3, 0.4) is 0 Å². The van der Waals surface area contributed by atoms with Gasteiger partial charge in [0, 0.05) is 25.4 Å². The molecule has 0 aliphatic carbocycles. The van der Waals surface area contributed by atoms with E-state index in [0.29, 0.717) is 13.1 Å². The van der Waals surface area contributed by atoms with Gasteiger partial charge in [0.1, 0.15) is 5.75 Å². The van der Waals surface area contributed by atoms with Crippen LogP contribution < -0.4 is 10.9 Å². The molecule has 6 heteroatoms. The number of benzene rings is 1. The lowest BCUT2D eigenvalue weighted by atomic mass is 10.0. The molecule has 2 rings (SSSR count). The van der Waals surface area contributed by atoms with Gasteiger partial charge in [0.15, 0.2) is 0 Å². The van der Waals surface area contributed by atoms with E-state index in [4.69, 9.17) is 0 Å². The predicted octanol–water partition coefficient (Wildman–Crippen LogP) is 0.869. The molecule has 21 heavy (non-hydrogen) atoms. The Kier molecular flexibility index (Phi) is 4.71. The first-order chi connectivity index (χ1) is 10.1. The molecule has 6 nitrogen and oxygen atoms in total. The maximum atomic E-state index is 12.0. The van der Waals surface area contributed by atoms with Gasteiger partial charge in [-0.3, -0.25) is 14.2 Å². The maximum absolute atomic E-state index is 12.0. The minimum Gasteiger partial charge on any atom is -0.508 e. The van der Waals surface area contributed by atoms with Gasteiger partial charge in [-0.05, 0) is 24.6 Å². The Hall–Kier alpha value is -2.63. The lowest BCUT2D eigenvalue weighted by Gasteiger charge is -2.13. The molecule has 1 atom stereocenters. The van der Waals surface area contributed by atoms with Crippen LogP contribution in [0.1, 0.15) is 18.4 Å². The Balaban J connectivity index is 1.90. The summed E-state index contributed by atoms with van der Waals surface area (Å²) in [5.74, 6) is -0.394. The molecule has 1 unspecified atom stereocenters. The fraction of sp³-hybridized carbons (Fsp3) is 0.267. The number of carbonyl (C=O) groups is 1. The number of nitrogens with one attached hydrogen (secondary N) is 1. The minimum absolute atomic E-state index is 0.133. The van der Waals surface area contributed by atoms with Gasteiger partial charge in [0.2, 0.25) is 5.91 Å². The highest BCUT2D eigenvalue weighted by molar-refractivity contribution is 5.83. The standard InChI is InChI=1S/C15H17N3O3/c1-11(12-3-2-4-13(19)9-12)15(21)17-7-8-18-10-16-6-5-14(18)20/h2-6,9-11,19H,7-8H2,1H3,(H,17,21). The van der Waals surface area contributed by atoms with E-state index in [1.54, 1.807) is 31.2 Å². The van der Waals surface area contributed by atoms with Crippen molar-refractivity contribution in [3.05, 3.63) is 58.8 Å². The molecule has 0 saturated heterocycles. The summed E-state index contributed by atoms with van der Waals surface area (Å²) < 4.78 is 1.43. The van der Waals surface area contributed by atoms with Crippen molar-refractivity contribution >= 4 is 5.91 Å². The van der Waals surface area contributed by atoms with Crippen LogP contribution in [-0.4, -0.2) is 27.1 Å². The number of phenolic OH excluding ortho intramolecular Hbond substituents is 1. The Labute approximate surface area is 122 Å². The average Bonchev–Trinajstić information content (AvgIpc) is 2.48. The third-order valence-corrected chi connectivity index (χ3v) is 3.21. The van der Waals surface area contributed by atoms with Crippen molar-refractivity contribution < 1.29 is 9.90 Å². The van der Waals surface area contributed by atoms with Crippen LogP contribution in [0.4, 0.5) is 0 Å². The zero-order valence-electron chi connectivity index (χ0n) is 11.7. The number of rotatable bonds is 5. The number of phenols is 1. The first-order valence-corrected chi connectivity index (χ1v) is 6.65.